The van der Waals surface area contributed by atoms with Gasteiger partial charge in [0.2, 0.25) is 0 Å². The Morgan fingerprint density at radius 3 is 1.83 bits per heavy atom. The Kier molecular flexibility index (Phi) is 3.25. The Morgan fingerprint density at radius 2 is 1.44 bits per heavy atom. The van der Waals surface area contributed by atoms with Gasteiger partial charge in [-0.25, -0.2) is 0 Å². The lowest BCUT2D eigenvalue weighted by Gasteiger charge is -2.58. The molecule has 1 heteroatoms. The summed E-state index contributed by atoms with van der Waals surface area (Å²) in [5.74, 6) is 6.16. The van der Waals surface area contributed by atoms with Crippen molar-refractivity contribution in [1.29, 1.82) is 0 Å². The molecule has 0 aromatic carbocycles. The topological polar surface area (TPSA) is 26.0 Å². The van der Waals surface area contributed by atoms with Gasteiger partial charge in [-0.15, -0.1) is 0 Å². The van der Waals surface area contributed by atoms with E-state index in [0.717, 1.165) is 42.1 Å². The second-order valence-corrected chi connectivity index (χ2v) is 8.56. The fourth-order valence-electron chi connectivity index (χ4n) is 6.01. The summed E-state index contributed by atoms with van der Waals surface area (Å²) >= 11 is 0. The summed E-state index contributed by atoms with van der Waals surface area (Å²) in [6.45, 7) is 8.21. The Balaban J connectivity index is 1.82. The molecule has 4 aliphatic carbocycles. The van der Waals surface area contributed by atoms with Gasteiger partial charge in [-0.1, -0.05) is 20.8 Å². The average Bonchev–Trinajstić information content (AvgIpc) is 2.24. The lowest BCUT2D eigenvalue weighted by molar-refractivity contribution is -0.0845. The fraction of sp³-hybridized carbons (Fsp3) is 1.00. The van der Waals surface area contributed by atoms with E-state index in [1.165, 1.54) is 6.42 Å². The summed E-state index contributed by atoms with van der Waals surface area (Å²) in [4.78, 5) is 0. The minimum atomic E-state index is 0.444. The van der Waals surface area contributed by atoms with Gasteiger partial charge in [0, 0.05) is 0 Å². The Labute approximate surface area is 113 Å². The zero-order valence-electron chi connectivity index (χ0n) is 12.5. The molecule has 0 radical (unpaired) electrons. The molecule has 0 heterocycles. The van der Waals surface area contributed by atoms with Gasteiger partial charge in [-0.3, -0.25) is 0 Å². The molecule has 4 fully saturated rings. The smallest absolute Gasteiger partial charge is 0.00743 e. The Hall–Kier alpha value is -0.0400. The van der Waals surface area contributed by atoms with Crippen LogP contribution in [-0.2, 0) is 0 Å². The molecule has 1 unspecified atom stereocenters. The second-order valence-electron chi connectivity index (χ2n) is 8.56. The van der Waals surface area contributed by atoms with Crippen LogP contribution in [0.15, 0.2) is 0 Å². The average molecular weight is 249 g/mol. The van der Waals surface area contributed by atoms with E-state index in [9.17, 15) is 0 Å². The molecule has 4 aliphatic rings. The van der Waals surface area contributed by atoms with Crippen molar-refractivity contribution in [3.05, 3.63) is 0 Å². The third kappa shape index (κ3) is 2.13. The first-order valence-electron chi connectivity index (χ1n) is 8.19. The molecule has 104 valence electrons. The highest BCUT2D eigenvalue weighted by atomic mass is 14.6. The maximum Gasteiger partial charge on any atom is -0.00743 e. The summed E-state index contributed by atoms with van der Waals surface area (Å²) < 4.78 is 0. The van der Waals surface area contributed by atoms with Crippen molar-refractivity contribution in [1.82, 2.24) is 0 Å². The molecule has 4 rings (SSSR count). The molecule has 0 aromatic heterocycles. The summed E-state index contributed by atoms with van der Waals surface area (Å²) in [7, 11) is 0. The van der Waals surface area contributed by atoms with E-state index < -0.39 is 0 Å². The van der Waals surface area contributed by atoms with Gasteiger partial charge in [0.25, 0.3) is 0 Å². The molecule has 0 aromatic rings. The van der Waals surface area contributed by atoms with E-state index in [-0.39, 0.29) is 0 Å². The van der Waals surface area contributed by atoms with Crippen LogP contribution < -0.4 is 5.73 Å². The molecule has 0 spiro atoms. The highest BCUT2D eigenvalue weighted by molar-refractivity contribution is 5.01. The fourth-order valence-corrected chi connectivity index (χ4v) is 6.01. The van der Waals surface area contributed by atoms with Crippen LogP contribution in [-0.4, -0.2) is 6.54 Å². The highest BCUT2D eigenvalue weighted by Crippen LogP contribution is 2.60. The Morgan fingerprint density at radius 1 is 0.944 bits per heavy atom. The molecule has 4 saturated carbocycles. The molecular formula is C17H31N. The number of hydrogen-bond donors (Lipinski definition) is 1. The van der Waals surface area contributed by atoms with Crippen molar-refractivity contribution in [2.24, 2.45) is 46.7 Å². The quantitative estimate of drug-likeness (QED) is 0.801. The molecule has 4 bridgehead atoms. The minimum absolute atomic E-state index is 0.444. The zero-order chi connectivity index (χ0) is 12.9. The lowest BCUT2D eigenvalue weighted by Crippen LogP contribution is -2.50. The second kappa shape index (κ2) is 4.51. The van der Waals surface area contributed by atoms with Crippen molar-refractivity contribution in [3.8, 4) is 0 Å². The lowest BCUT2D eigenvalue weighted by atomic mass is 9.47. The van der Waals surface area contributed by atoms with Crippen molar-refractivity contribution >= 4 is 0 Å². The first-order chi connectivity index (χ1) is 8.49. The maximum absolute atomic E-state index is 5.92. The summed E-state index contributed by atoms with van der Waals surface area (Å²) in [6, 6.07) is 0. The monoisotopic (exact) mass is 249 g/mol. The molecule has 0 amide bonds. The SMILES string of the molecule is CC(C)(C)C(CCN)C1C2CC3CC(C2)CC1C3. The van der Waals surface area contributed by atoms with E-state index in [2.05, 4.69) is 20.8 Å². The molecule has 0 aliphatic heterocycles. The zero-order valence-corrected chi connectivity index (χ0v) is 12.5. The summed E-state index contributed by atoms with van der Waals surface area (Å²) in [5, 5.41) is 0. The van der Waals surface area contributed by atoms with E-state index in [1.54, 1.807) is 32.1 Å². The minimum Gasteiger partial charge on any atom is -0.330 e. The van der Waals surface area contributed by atoms with Crippen LogP contribution >= 0.6 is 0 Å². The van der Waals surface area contributed by atoms with Gasteiger partial charge < -0.3 is 5.73 Å². The van der Waals surface area contributed by atoms with Crippen LogP contribution in [0.4, 0.5) is 0 Å². The number of rotatable bonds is 3. The highest BCUT2D eigenvalue weighted by Gasteiger charge is 2.51. The first-order valence-corrected chi connectivity index (χ1v) is 8.19. The molecule has 1 atom stereocenters. The first kappa shape index (κ1) is 13.0. The predicted molar refractivity (Wildman–Crippen MR) is 77.2 cm³/mol. The summed E-state index contributed by atoms with van der Waals surface area (Å²) in [5.41, 5.74) is 6.36. The van der Waals surface area contributed by atoms with E-state index in [4.69, 9.17) is 5.73 Å². The van der Waals surface area contributed by atoms with Crippen molar-refractivity contribution < 1.29 is 0 Å². The molecule has 2 N–H and O–H groups in total. The summed E-state index contributed by atoms with van der Waals surface area (Å²) in [6.07, 6.45) is 9.01. The van der Waals surface area contributed by atoms with Crippen molar-refractivity contribution in [3.63, 3.8) is 0 Å². The van der Waals surface area contributed by atoms with Gasteiger partial charge in [0.15, 0.2) is 0 Å². The van der Waals surface area contributed by atoms with Crippen LogP contribution in [0.3, 0.4) is 0 Å². The predicted octanol–water partition coefficient (Wildman–Crippen LogP) is 4.07. The van der Waals surface area contributed by atoms with Gasteiger partial charge in [0.05, 0.1) is 0 Å². The van der Waals surface area contributed by atoms with E-state index >= 15 is 0 Å². The van der Waals surface area contributed by atoms with E-state index in [0.29, 0.717) is 5.41 Å². The van der Waals surface area contributed by atoms with Crippen LogP contribution in [0, 0.1) is 40.9 Å². The van der Waals surface area contributed by atoms with Gasteiger partial charge in [-0.2, -0.15) is 0 Å². The molecule has 18 heavy (non-hydrogen) atoms. The van der Waals surface area contributed by atoms with Gasteiger partial charge in [0.1, 0.15) is 0 Å². The van der Waals surface area contributed by atoms with Crippen LogP contribution in [0.2, 0.25) is 0 Å². The number of hydrogen-bond acceptors (Lipinski definition) is 1. The van der Waals surface area contributed by atoms with Crippen molar-refractivity contribution in [2.45, 2.75) is 59.3 Å². The van der Waals surface area contributed by atoms with Gasteiger partial charge in [-0.05, 0) is 86.0 Å². The third-order valence-corrected chi connectivity index (χ3v) is 6.35. The Bertz CT molecular complexity index is 273. The van der Waals surface area contributed by atoms with Crippen LogP contribution in [0.1, 0.15) is 59.3 Å². The maximum atomic E-state index is 5.92. The third-order valence-electron chi connectivity index (χ3n) is 6.35. The molecule has 1 nitrogen and oxygen atoms in total. The standard InChI is InChI=1S/C17H31N/c1-17(2,3)15(4-5-18)16-13-7-11-6-12(9-13)10-14(16)8-11/h11-16H,4-10,18H2,1-3H3. The van der Waals surface area contributed by atoms with Crippen LogP contribution in [0.5, 0.6) is 0 Å². The largest absolute Gasteiger partial charge is 0.330 e. The van der Waals surface area contributed by atoms with Crippen molar-refractivity contribution in [2.75, 3.05) is 6.54 Å². The van der Waals surface area contributed by atoms with E-state index in [1.807, 2.05) is 0 Å². The number of nitrogens with two attached hydrogens (primary N) is 1. The van der Waals surface area contributed by atoms with Gasteiger partial charge >= 0.3 is 0 Å². The normalized spacial score (nSPS) is 44.3. The molecular weight excluding hydrogens is 218 g/mol. The molecule has 0 saturated heterocycles. The van der Waals surface area contributed by atoms with Crippen LogP contribution in [0.25, 0.3) is 0 Å².